The number of carbonyl (C=O) groups excluding carboxylic acids is 1. The molecule has 16 heavy (non-hydrogen) atoms. The van der Waals surface area contributed by atoms with Crippen LogP contribution in [0.3, 0.4) is 0 Å². The highest BCUT2D eigenvalue weighted by Gasteiger charge is 2.18. The summed E-state index contributed by atoms with van der Waals surface area (Å²) in [5.74, 6) is 0.747. The Kier molecular flexibility index (Phi) is 4.15. The molecule has 0 fully saturated rings. The molecule has 0 heterocycles. The van der Waals surface area contributed by atoms with Gasteiger partial charge in [-0.3, -0.25) is 0 Å². The molecule has 1 heteroatoms. The first-order valence-corrected chi connectivity index (χ1v) is 6.43. The first-order valence-electron chi connectivity index (χ1n) is 6.43. The fourth-order valence-corrected chi connectivity index (χ4v) is 2.77. The van der Waals surface area contributed by atoms with Crippen molar-refractivity contribution in [3.8, 4) is 0 Å². The molecule has 0 spiro atoms. The lowest BCUT2D eigenvalue weighted by molar-refractivity contribution is -0.107. The third kappa shape index (κ3) is 2.72. The maximum atomic E-state index is 10.3. The second-order valence-corrected chi connectivity index (χ2v) is 4.74. The van der Waals surface area contributed by atoms with E-state index < -0.39 is 0 Å². The van der Waals surface area contributed by atoms with Crippen LogP contribution >= 0.6 is 0 Å². The molecular weight excluding hydrogens is 196 g/mol. The normalized spacial score (nSPS) is 19.1. The number of benzene rings is 1. The molecule has 86 valence electrons. The van der Waals surface area contributed by atoms with E-state index in [1.54, 1.807) is 11.1 Å². The summed E-state index contributed by atoms with van der Waals surface area (Å²) in [5, 5.41) is 0. The Morgan fingerprint density at radius 2 is 2.12 bits per heavy atom. The van der Waals surface area contributed by atoms with E-state index in [0.29, 0.717) is 0 Å². The Bertz CT molecular complexity index is 343. The molecule has 0 aliphatic heterocycles. The molecule has 0 aromatic heterocycles. The number of aryl methyl sites for hydroxylation is 1. The van der Waals surface area contributed by atoms with E-state index in [-0.39, 0.29) is 0 Å². The third-order valence-corrected chi connectivity index (χ3v) is 3.62. The SMILES string of the molecule is O=CCCCCC1CCCc2ccccc21. The molecule has 1 aliphatic rings. The summed E-state index contributed by atoms with van der Waals surface area (Å²) in [4.78, 5) is 10.3. The number of carbonyl (C=O) groups is 1. The predicted molar refractivity (Wildman–Crippen MR) is 66.7 cm³/mol. The van der Waals surface area contributed by atoms with Gasteiger partial charge >= 0.3 is 0 Å². The van der Waals surface area contributed by atoms with Gasteiger partial charge in [-0.15, -0.1) is 0 Å². The summed E-state index contributed by atoms with van der Waals surface area (Å²) in [7, 11) is 0. The zero-order valence-corrected chi connectivity index (χ0v) is 9.82. The fraction of sp³-hybridized carbons (Fsp3) is 0.533. The van der Waals surface area contributed by atoms with Crippen LogP contribution in [0.2, 0.25) is 0 Å². The second-order valence-electron chi connectivity index (χ2n) is 4.74. The average Bonchev–Trinajstić information content (AvgIpc) is 2.35. The van der Waals surface area contributed by atoms with Gasteiger partial charge in [-0.25, -0.2) is 0 Å². The quantitative estimate of drug-likeness (QED) is 0.539. The molecule has 1 aromatic rings. The molecule has 1 aliphatic carbocycles. The van der Waals surface area contributed by atoms with Crippen molar-refractivity contribution in [3.05, 3.63) is 35.4 Å². The molecule has 0 bridgehead atoms. The van der Waals surface area contributed by atoms with E-state index in [2.05, 4.69) is 24.3 Å². The largest absolute Gasteiger partial charge is 0.303 e. The minimum absolute atomic E-state index is 0.731. The van der Waals surface area contributed by atoms with E-state index in [1.165, 1.54) is 32.1 Å². The van der Waals surface area contributed by atoms with Crippen molar-refractivity contribution in [1.82, 2.24) is 0 Å². The summed E-state index contributed by atoms with van der Waals surface area (Å²) in [6.45, 7) is 0. The molecular formula is C15H20O. The van der Waals surface area contributed by atoms with Crippen molar-refractivity contribution in [2.75, 3.05) is 0 Å². The Morgan fingerprint density at radius 1 is 1.25 bits per heavy atom. The van der Waals surface area contributed by atoms with Crippen LogP contribution in [-0.2, 0) is 11.2 Å². The van der Waals surface area contributed by atoms with Crippen molar-refractivity contribution < 1.29 is 4.79 Å². The van der Waals surface area contributed by atoms with Crippen LogP contribution in [0.5, 0.6) is 0 Å². The van der Waals surface area contributed by atoms with Gasteiger partial charge in [0.05, 0.1) is 0 Å². The summed E-state index contributed by atoms with van der Waals surface area (Å²) in [6, 6.07) is 8.86. The Balaban J connectivity index is 1.93. The van der Waals surface area contributed by atoms with Gasteiger partial charge in [0.25, 0.3) is 0 Å². The molecule has 0 N–H and O–H groups in total. The van der Waals surface area contributed by atoms with Gasteiger partial charge in [-0.1, -0.05) is 30.7 Å². The third-order valence-electron chi connectivity index (χ3n) is 3.62. The number of hydrogen-bond donors (Lipinski definition) is 0. The van der Waals surface area contributed by atoms with Crippen LogP contribution in [-0.4, -0.2) is 6.29 Å². The van der Waals surface area contributed by atoms with Crippen molar-refractivity contribution in [1.29, 1.82) is 0 Å². The van der Waals surface area contributed by atoms with Crippen molar-refractivity contribution >= 4 is 6.29 Å². The number of hydrogen-bond acceptors (Lipinski definition) is 1. The van der Waals surface area contributed by atoms with Gasteiger partial charge in [0.1, 0.15) is 6.29 Å². The lowest BCUT2D eigenvalue weighted by atomic mass is 9.80. The molecule has 1 nitrogen and oxygen atoms in total. The van der Waals surface area contributed by atoms with Gasteiger partial charge < -0.3 is 4.79 Å². The molecule has 0 radical (unpaired) electrons. The Hall–Kier alpha value is -1.11. The average molecular weight is 216 g/mol. The summed E-state index contributed by atoms with van der Waals surface area (Å²) < 4.78 is 0. The van der Waals surface area contributed by atoms with Crippen molar-refractivity contribution in [2.45, 2.75) is 50.9 Å². The summed E-state index contributed by atoms with van der Waals surface area (Å²) >= 11 is 0. The Labute approximate surface area is 97.9 Å². The second kappa shape index (κ2) is 5.83. The summed E-state index contributed by atoms with van der Waals surface area (Å²) in [5.41, 5.74) is 3.12. The van der Waals surface area contributed by atoms with Crippen LogP contribution in [0.1, 0.15) is 55.6 Å². The van der Waals surface area contributed by atoms with E-state index >= 15 is 0 Å². The summed E-state index contributed by atoms with van der Waals surface area (Å²) in [6.07, 6.45) is 9.18. The van der Waals surface area contributed by atoms with E-state index in [4.69, 9.17) is 0 Å². The van der Waals surface area contributed by atoms with Crippen molar-refractivity contribution in [2.24, 2.45) is 0 Å². The van der Waals surface area contributed by atoms with Gasteiger partial charge in [-0.2, -0.15) is 0 Å². The smallest absolute Gasteiger partial charge is 0.119 e. The van der Waals surface area contributed by atoms with Gasteiger partial charge in [0.2, 0.25) is 0 Å². The standard InChI is InChI=1S/C15H20O/c16-12-5-1-2-7-13-9-6-10-14-8-3-4-11-15(13)14/h3-4,8,11-13H,1-2,5-7,9-10H2. The number of unbranched alkanes of at least 4 members (excludes halogenated alkanes) is 2. The lowest BCUT2D eigenvalue weighted by Gasteiger charge is -2.25. The topological polar surface area (TPSA) is 17.1 Å². The lowest BCUT2D eigenvalue weighted by Crippen LogP contribution is -2.09. The minimum atomic E-state index is 0.731. The highest BCUT2D eigenvalue weighted by Crippen LogP contribution is 2.34. The predicted octanol–water partition coefficient (Wildman–Crippen LogP) is 3.87. The maximum Gasteiger partial charge on any atom is 0.119 e. The number of aldehydes is 1. The minimum Gasteiger partial charge on any atom is -0.303 e. The molecule has 0 saturated carbocycles. The zero-order chi connectivity index (χ0) is 11.2. The molecule has 0 amide bonds. The van der Waals surface area contributed by atoms with Gasteiger partial charge in [0, 0.05) is 6.42 Å². The van der Waals surface area contributed by atoms with Crippen LogP contribution < -0.4 is 0 Å². The molecule has 1 aromatic carbocycles. The first-order chi connectivity index (χ1) is 7.92. The molecule has 1 atom stereocenters. The van der Waals surface area contributed by atoms with Crippen LogP contribution in [0.4, 0.5) is 0 Å². The molecule has 0 saturated heterocycles. The highest BCUT2D eigenvalue weighted by atomic mass is 16.1. The van der Waals surface area contributed by atoms with E-state index in [0.717, 1.165) is 25.0 Å². The molecule has 2 rings (SSSR count). The fourth-order valence-electron chi connectivity index (χ4n) is 2.77. The zero-order valence-electron chi connectivity index (χ0n) is 9.82. The van der Waals surface area contributed by atoms with E-state index in [9.17, 15) is 4.79 Å². The monoisotopic (exact) mass is 216 g/mol. The van der Waals surface area contributed by atoms with Crippen LogP contribution in [0, 0.1) is 0 Å². The first kappa shape index (κ1) is 11.4. The van der Waals surface area contributed by atoms with Gasteiger partial charge in [-0.05, 0) is 49.1 Å². The maximum absolute atomic E-state index is 10.3. The Morgan fingerprint density at radius 3 is 3.00 bits per heavy atom. The highest BCUT2D eigenvalue weighted by molar-refractivity contribution is 5.48. The van der Waals surface area contributed by atoms with Gasteiger partial charge in [0.15, 0.2) is 0 Å². The van der Waals surface area contributed by atoms with Crippen LogP contribution in [0.25, 0.3) is 0 Å². The number of rotatable bonds is 5. The van der Waals surface area contributed by atoms with Crippen LogP contribution in [0.15, 0.2) is 24.3 Å². The molecule has 1 unspecified atom stereocenters. The van der Waals surface area contributed by atoms with Crippen molar-refractivity contribution in [3.63, 3.8) is 0 Å². The van der Waals surface area contributed by atoms with E-state index in [1.807, 2.05) is 0 Å². The number of fused-ring (bicyclic) bond motifs is 1.